The number of carbonyl (C=O) groups excluding carboxylic acids is 13. The molecule has 30 nitrogen and oxygen atoms in total. The van der Waals surface area contributed by atoms with Gasteiger partial charge in [0.15, 0.2) is 5.78 Å². The van der Waals surface area contributed by atoms with Crippen molar-refractivity contribution < 1.29 is 126 Å². The van der Waals surface area contributed by atoms with Gasteiger partial charge < -0.3 is 65.7 Å². The van der Waals surface area contributed by atoms with E-state index >= 15 is 0 Å². The molecule has 0 radical (unpaired) electrons. The summed E-state index contributed by atoms with van der Waals surface area (Å²) in [6, 6.07) is 22.0. The Morgan fingerprint density at radius 1 is 0.330 bits per heavy atom. The Balaban J connectivity index is -0.000000171. The van der Waals surface area contributed by atoms with Gasteiger partial charge >= 0.3 is 23.9 Å². The largest absolute Gasteiger partial charge is 0.481 e. The van der Waals surface area contributed by atoms with Crippen molar-refractivity contribution in [1.29, 1.82) is 0 Å². The molecule has 0 aliphatic rings. The molecule has 4 rings (SSSR count). The minimum atomic E-state index is -1.44. The number of carboxylic acids is 4. The van der Waals surface area contributed by atoms with Gasteiger partial charge in [-0.15, -0.1) is 0 Å². The maximum absolute atomic E-state index is 12.4. The third-order valence-electron chi connectivity index (χ3n) is 8.54. The molecule has 0 spiro atoms. The van der Waals surface area contributed by atoms with Crippen LogP contribution in [-0.4, -0.2) is 154 Å². The zero-order valence-electron chi connectivity index (χ0n) is 53.5. The number of esters is 4. The van der Waals surface area contributed by atoms with Crippen molar-refractivity contribution in [3.05, 3.63) is 144 Å². The predicted octanol–water partition coefficient (Wildman–Crippen LogP) is 5.95. The van der Waals surface area contributed by atoms with E-state index in [2.05, 4.69) is 34.4 Å². The average Bonchev–Trinajstić information content (AvgIpc) is 0.858. The van der Waals surface area contributed by atoms with E-state index in [1.807, 2.05) is 0 Å². The highest BCUT2D eigenvalue weighted by molar-refractivity contribution is 6.49. The summed E-state index contributed by atoms with van der Waals surface area (Å²) in [5.74, 6) is -9.45. The number of aliphatic hydroxyl groups is 1. The number of benzene rings is 4. The summed E-state index contributed by atoms with van der Waals surface area (Å²) in [7, 11) is 6.40. The third-order valence-corrected chi connectivity index (χ3v) is 8.54. The number of hydrogen-bond donors (Lipinski definition) is 9. The first-order valence-electron chi connectivity index (χ1n) is 25.8. The first-order valence-corrected chi connectivity index (χ1v) is 25.8. The highest BCUT2D eigenvalue weighted by atomic mass is 16.6. The van der Waals surface area contributed by atoms with Crippen molar-refractivity contribution >= 4 is 100 Å². The third kappa shape index (κ3) is 59.3. The quantitative estimate of drug-likeness (QED) is 0.0231. The van der Waals surface area contributed by atoms with Crippen molar-refractivity contribution in [3.8, 4) is 23.0 Å². The number of nitrogens with one attached hydrogen (secondary N) is 4. The number of ketones is 5. The molecule has 94 heavy (non-hydrogen) atoms. The first-order chi connectivity index (χ1) is 42.4. The minimum absolute atomic E-state index is 0. The van der Waals surface area contributed by atoms with E-state index < -0.39 is 82.8 Å². The Labute approximate surface area is 544 Å². The van der Waals surface area contributed by atoms with Crippen LogP contribution in [0.25, 0.3) is 0 Å². The first kappa shape index (κ1) is 98.5. The molecule has 0 aliphatic carbocycles. The number of carboxylic acid groups (broad SMARTS) is 4. The van der Waals surface area contributed by atoms with Crippen molar-refractivity contribution in [1.82, 2.24) is 21.3 Å². The van der Waals surface area contributed by atoms with Gasteiger partial charge in [-0.1, -0.05) is 40.1 Å². The number of ether oxygens (including phenoxy) is 4. The lowest BCUT2D eigenvalue weighted by molar-refractivity contribution is -0.146. The van der Waals surface area contributed by atoms with Crippen molar-refractivity contribution in [2.45, 2.75) is 104 Å². The standard InChI is InChI=1S/C21H18O7.C21H16O7.4C3H7NO.4C2H4O2.2CH4/c2*1-12(2)20(25)27-16-8-4-14(5-9-16)18(23)19(24)15-6-10-17(11-7-15)28-21(26)13(3)22;4*1-3(5)4-2;4*1-2(3)4;;/h4-11,19,24H,1H2,2-3H3;4-11H,1H2,2-3H3;4*1-2H3,(H,4,5);4*1H3,(H,3,4);2*1H4. The maximum atomic E-state index is 12.4. The summed E-state index contributed by atoms with van der Waals surface area (Å²) in [5, 5.41) is 49.5. The van der Waals surface area contributed by atoms with Crippen LogP contribution in [0.3, 0.4) is 0 Å². The number of aliphatic hydroxyl groups excluding tert-OH is 1. The zero-order chi connectivity index (χ0) is 73.1. The molecule has 9 N–H and O–H groups in total. The van der Waals surface area contributed by atoms with Gasteiger partial charge in [-0.25, -0.2) is 19.2 Å². The molecular formula is C64H86N4O26. The monoisotopic (exact) mass is 1330 g/mol. The van der Waals surface area contributed by atoms with E-state index in [9.17, 15) is 67.4 Å². The summed E-state index contributed by atoms with van der Waals surface area (Å²) < 4.78 is 19.7. The van der Waals surface area contributed by atoms with Crippen LogP contribution in [0.5, 0.6) is 23.0 Å². The summed E-state index contributed by atoms with van der Waals surface area (Å²) in [6.45, 7) is 22.3. The SMILES string of the molecule is C.C.C=C(C)C(=O)Oc1ccc(C(=O)C(=O)c2ccc(OC(=O)C(C)=O)cc2)cc1.C=C(C)C(=O)Oc1ccc(C(=O)C(O)c2ccc(OC(=O)C(C)=O)cc2)cc1.CC(=O)O.CC(=O)O.CC(=O)O.CC(=O)O.CNC(C)=O.CNC(C)=O.CNC(C)=O.CNC(C)=O. The number of rotatable bonds is 14. The minimum Gasteiger partial charge on any atom is -0.481 e. The smallest absolute Gasteiger partial charge is 0.379 e. The molecule has 0 heterocycles. The normalized spacial score (nSPS) is 8.82. The molecule has 4 amide bonds. The molecule has 0 fully saturated rings. The molecule has 1 atom stereocenters. The molecule has 1 unspecified atom stereocenters. The molecule has 4 aromatic carbocycles. The summed E-state index contributed by atoms with van der Waals surface area (Å²) >= 11 is 0. The summed E-state index contributed by atoms with van der Waals surface area (Å²) in [4.78, 5) is 179. The second-order valence-corrected chi connectivity index (χ2v) is 17.1. The van der Waals surface area contributed by atoms with Gasteiger partial charge in [-0.05, 0) is 104 Å². The molecule has 30 heteroatoms. The lowest BCUT2D eigenvalue weighted by Crippen LogP contribution is -2.17. The van der Waals surface area contributed by atoms with E-state index in [1.54, 1.807) is 28.2 Å². The van der Waals surface area contributed by atoms with Gasteiger partial charge in [0.25, 0.3) is 23.9 Å². The average molecular weight is 1330 g/mol. The Morgan fingerprint density at radius 3 is 0.670 bits per heavy atom. The second kappa shape index (κ2) is 56.5. The van der Waals surface area contributed by atoms with Gasteiger partial charge in [0.05, 0.1) is 0 Å². The molecule has 0 bridgehead atoms. The molecular weight excluding hydrogens is 1240 g/mol. The maximum Gasteiger partial charge on any atom is 0.379 e. The van der Waals surface area contributed by atoms with Crippen LogP contribution in [0.1, 0.15) is 141 Å². The highest BCUT2D eigenvalue weighted by Gasteiger charge is 2.22. The number of Topliss-reactive ketones (excluding diaryl/α,β-unsaturated/α-hetero) is 5. The van der Waals surface area contributed by atoms with E-state index in [4.69, 9.17) is 58.6 Å². The summed E-state index contributed by atoms with van der Waals surface area (Å²) in [5.41, 5.74) is 1.18. The van der Waals surface area contributed by atoms with Crippen LogP contribution < -0.4 is 40.2 Å². The fourth-order valence-electron chi connectivity index (χ4n) is 4.07. The topological polar surface area (TPSA) is 476 Å². The molecule has 518 valence electrons. The predicted molar refractivity (Wildman–Crippen MR) is 343 cm³/mol. The van der Waals surface area contributed by atoms with Crippen LogP contribution in [0.2, 0.25) is 0 Å². The second-order valence-electron chi connectivity index (χ2n) is 17.1. The Morgan fingerprint density at radius 2 is 0.500 bits per heavy atom. The van der Waals surface area contributed by atoms with Gasteiger partial charge in [0, 0.05) is 125 Å². The van der Waals surface area contributed by atoms with E-state index in [1.165, 1.54) is 139 Å². The van der Waals surface area contributed by atoms with E-state index in [0.29, 0.717) is 0 Å². The fourth-order valence-corrected chi connectivity index (χ4v) is 4.07. The Bertz CT molecular complexity index is 2970. The molecule has 0 saturated heterocycles. The molecule has 0 saturated carbocycles. The summed E-state index contributed by atoms with van der Waals surface area (Å²) in [6.07, 6.45) is -1.44. The number of hydrogen-bond acceptors (Lipinski definition) is 22. The van der Waals surface area contributed by atoms with E-state index in [-0.39, 0.29) is 94.9 Å². The lowest BCUT2D eigenvalue weighted by Gasteiger charge is -2.11. The fraction of sp³-hybridized carbons (Fsp3) is 0.297. The van der Waals surface area contributed by atoms with Crippen molar-refractivity contribution in [2.75, 3.05) is 28.2 Å². The molecule has 4 aromatic rings. The number of amides is 4. The van der Waals surface area contributed by atoms with Crippen LogP contribution >= 0.6 is 0 Å². The molecule has 0 aliphatic heterocycles. The van der Waals surface area contributed by atoms with E-state index in [0.717, 1.165) is 41.5 Å². The van der Waals surface area contributed by atoms with Gasteiger partial charge in [-0.3, -0.25) is 62.3 Å². The zero-order valence-corrected chi connectivity index (χ0v) is 53.5. The van der Waals surface area contributed by atoms with Crippen molar-refractivity contribution in [3.63, 3.8) is 0 Å². The van der Waals surface area contributed by atoms with Crippen LogP contribution in [-0.2, 0) is 67.1 Å². The van der Waals surface area contributed by atoms with Crippen LogP contribution in [0, 0.1) is 0 Å². The Kier molecular flexibility index (Phi) is 59.3. The van der Waals surface area contributed by atoms with Gasteiger partial charge in [0.1, 0.15) is 29.1 Å². The van der Waals surface area contributed by atoms with Gasteiger partial charge in [-0.2, -0.15) is 0 Å². The van der Waals surface area contributed by atoms with Crippen LogP contribution in [0.4, 0.5) is 0 Å². The highest BCUT2D eigenvalue weighted by Crippen LogP contribution is 2.24. The lowest BCUT2D eigenvalue weighted by atomic mass is 10.00. The Hall–Kier alpha value is -11.7. The number of aliphatic carboxylic acids is 4. The number of carbonyl (C=O) groups is 17. The van der Waals surface area contributed by atoms with Crippen LogP contribution in [0.15, 0.2) is 121 Å². The van der Waals surface area contributed by atoms with Gasteiger partial charge in [0.2, 0.25) is 46.8 Å². The molecule has 0 aromatic heterocycles. The van der Waals surface area contributed by atoms with Crippen molar-refractivity contribution in [2.24, 2.45) is 0 Å².